The Kier molecular flexibility index (Phi) is 8.79. The summed E-state index contributed by atoms with van der Waals surface area (Å²) in [4.78, 5) is 2.44. The number of hydrogen-bond acceptors (Lipinski definition) is 1. The Hall–Kier alpha value is -0.820. The van der Waals surface area contributed by atoms with Gasteiger partial charge in [0, 0.05) is 6.04 Å². The highest BCUT2D eigenvalue weighted by atomic mass is 15.1. The number of nitrogens with zero attached hydrogens (tertiary/aromatic N) is 1. The van der Waals surface area contributed by atoms with Crippen LogP contribution in [-0.2, 0) is 0 Å². The summed E-state index contributed by atoms with van der Waals surface area (Å²) in [5.74, 6) is 0. The van der Waals surface area contributed by atoms with Crippen molar-refractivity contribution in [3.05, 3.63) is 36.0 Å². The maximum Gasteiger partial charge on any atom is 0.0316 e. The lowest BCUT2D eigenvalue weighted by atomic mass is 9.99. The van der Waals surface area contributed by atoms with Crippen LogP contribution >= 0.6 is 0 Å². The predicted molar refractivity (Wildman–Crippen MR) is 79.3 cm³/mol. The van der Waals surface area contributed by atoms with Gasteiger partial charge < -0.3 is 0 Å². The summed E-state index contributed by atoms with van der Waals surface area (Å²) in [6.45, 7) is 13.9. The Labute approximate surface area is 108 Å². The Morgan fingerprint density at radius 2 is 2.00 bits per heavy atom. The molecule has 0 fully saturated rings. The second-order valence-electron chi connectivity index (χ2n) is 4.69. The highest BCUT2D eigenvalue weighted by Gasteiger charge is 2.13. The molecule has 17 heavy (non-hydrogen) atoms. The van der Waals surface area contributed by atoms with Crippen molar-refractivity contribution in [2.75, 3.05) is 13.6 Å². The zero-order valence-corrected chi connectivity index (χ0v) is 12.3. The van der Waals surface area contributed by atoms with E-state index in [0.717, 1.165) is 6.42 Å². The van der Waals surface area contributed by atoms with Crippen molar-refractivity contribution in [2.45, 2.75) is 53.0 Å². The van der Waals surface area contributed by atoms with Crippen LogP contribution in [0.3, 0.4) is 0 Å². The van der Waals surface area contributed by atoms with Crippen LogP contribution in [0.15, 0.2) is 36.0 Å². The second kappa shape index (κ2) is 9.23. The predicted octanol–water partition coefficient (Wildman–Crippen LogP) is 4.58. The molecule has 1 unspecified atom stereocenters. The molecule has 0 aliphatic carbocycles. The van der Waals surface area contributed by atoms with Crippen molar-refractivity contribution in [1.29, 1.82) is 0 Å². The topological polar surface area (TPSA) is 3.24 Å². The van der Waals surface area contributed by atoms with Crippen molar-refractivity contribution in [3.8, 4) is 0 Å². The van der Waals surface area contributed by atoms with E-state index in [1.165, 1.54) is 30.5 Å². The van der Waals surface area contributed by atoms with E-state index >= 15 is 0 Å². The Morgan fingerprint density at radius 1 is 1.35 bits per heavy atom. The smallest absolute Gasteiger partial charge is 0.0316 e. The zero-order valence-electron chi connectivity index (χ0n) is 12.3. The highest BCUT2D eigenvalue weighted by molar-refractivity contribution is 5.30. The van der Waals surface area contributed by atoms with E-state index in [4.69, 9.17) is 0 Å². The minimum atomic E-state index is 0.484. The van der Waals surface area contributed by atoms with Crippen molar-refractivity contribution < 1.29 is 0 Å². The number of likely N-dealkylation sites (N-methyl/N-ethyl adjacent to an activating group) is 1. The van der Waals surface area contributed by atoms with Gasteiger partial charge in [-0.05, 0) is 45.9 Å². The molecule has 0 N–H and O–H groups in total. The van der Waals surface area contributed by atoms with Gasteiger partial charge >= 0.3 is 0 Å². The molecule has 1 atom stereocenters. The average molecular weight is 235 g/mol. The summed E-state index contributed by atoms with van der Waals surface area (Å²) in [7, 11) is 2.21. The van der Waals surface area contributed by atoms with Crippen LogP contribution in [0.4, 0.5) is 0 Å². The third kappa shape index (κ3) is 5.88. The van der Waals surface area contributed by atoms with Gasteiger partial charge in [-0.2, -0.15) is 0 Å². The van der Waals surface area contributed by atoms with Crippen molar-refractivity contribution in [3.63, 3.8) is 0 Å². The molecule has 0 rings (SSSR count). The van der Waals surface area contributed by atoms with Crippen LogP contribution < -0.4 is 0 Å². The molecule has 0 radical (unpaired) electrons. The van der Waals surface area contributed by atoms with E-state index in [1.54, 1.807) is 0 Å². The number of hydrogen-bond donors (Lipinski definition) is 0. The summed E-state index contributed by atoms with van der Waals surface area (Å²) in [5.41, 5.74) is 2.91. The van der Waals surface area contributed by atoms with E-state index in [2.05, 4.69) is 52.3 Å². The van der Waals surface area contributed by atoms with Crippen LogP contribution in [0.2, 0.25) is 0 Å². The van der Waals surface area contributed by atoms with E-state index < -0.39 is 0 Å². The molecule has 0 amide bonds. The van der Waals surface area contributed by atoms with Gasteiger partial charge in [0.05, 0.1) is 0 Å². The van der Waals surface area contributed by atoms with Crippen molar-refractivity contribution >= 4 is 0 Å². The van der Waals surface area contributed by atoms with Crippen molar-refractivity contribution in [2.24, 2.45) is 0 Å². The molecule has 0 spiro atoms. The van der Waals surface area contributed by atoms with Gasteiger partial charge in [-0.3, -0.25) is 4.90 Å². The van der Waals surface area contributed by atoms with Crippen LogP contribution in [0.5, 0.6) is 0 Å². The lowest BCUT2D eigenvalue weighted by molar-refractivity contribution is 0.284. The standard InChI is InChI=1S/C16H29N/c1-7-10-12-16(14(4)9-3)15(5)17(6)13-11-8-2/h7,10,12,15H,1,8-9,11,13H2,2-6H3/b12-10-,16-14-. The Bertz CT molecular complexity index is 273. The number of allylic oxidation sites excluding steroid dienone is 3. The molecule has 0 bridgehead atoms. The van der Waals surface area contributed by atoms with Crippen LogP contribution in [0.25, 0.3) is 0 Å². The van der Waals surface area contributed by atoms with Crippen LogP contribution in [-0.4, -0.2) is 24.5 Å². The van der Waals surface area contributed by atoms with E-state index in [0.29, 0.717) is 6.04 Å². The van der Waals surface area contributed by atoms with Gasteiger partial charge in [-0.15, -0.1) is 0 Å². The highest BCUT2D eigenvalue weighted by Crippen LogP contribution is 2.18. The Balaban J connectivity index is 4.80. The normalized spacial score (nSPS) is 15.2. The fourth-order valence-corrected chi connectivity index (χ4v) is 1.85. The van der Waals surface area contributed by atoms with Crippen LogP contribution in [0.1, 0.15) is 47.0 Å². The van der Waals surface area contributed by atoms with Gasteiger partial charge in [0.25, 0.3) is 0 Å². The third-order valence-electron chi connectivity index (χ3n) is 3.41. The van der Waals surface area contributed by atoms with E-state index in [1.807, 2.05) is 12.2 Å². The molecule has 1 heteroatoms. The third-order valence-corrected chi connectivity index (χ3v) is 3.41. The summed E-state index contributed by atoms with van der Waals surface area (Å²) in [6, 6.07) is 0.484. The van der Waals surface area contributed by atoms with Gasteiger partial charge in [0.15, 0.2) is 0 Å². The van der Waals surface area contributed by atoms with E-state index in [9.17, 15) is 0 Å². The molecule has 0 heterocycles. The fourth-order valence-electron chi connectivity index (χ4n) is 1.85. The van der Waals surface area contributed by atoms with Gasteiger partial charge in [-0.1, -0.05) is 50.6 Å². The molecule has 0 aromatic heterocycles. The molecular weight excluding hydrogens is 206 g/mol. The molecule has 1 nitrogen and oxygen atoms in total. The number of rotatable bonds is 8. The summed E-state index contributed by atoms with van der Waals surface area (Å²) in [5, 5.41) is 0. The Morgan fingerprint density at radius 3 is 2.47 bits per heavy atom. The maximum absolute atomic E-state index is 3.75. The first-order valence-corrected chi connectivity index (χ1v) is 6.77. The SMILES string of the molecule is C=C/C=C\C(=C(/C)CC)C(C)N(C)CCCC. The van der Waals surface area contributed by atoms with Gasteiger partial charge in [0.1, 0.15) is 0 Å². The molecule has 98 valence electrons. The molecule has 0 aliphatic rings. The summed E-state index contributed by atoms with van der Waals surface area (Å²) in [6.07, 6.45) is 9.73. The second-order valence-corrected chi connectivity index (χ2v) is 4.69. The molecular formula is C16H29N. The molecule has 0 saturated carbocycles. The average Bonchev–Trinajstić information content (AvgIpc) is 2.35. The minimum Gasteiger partial charge on any atom is -0.300 e. The molecule has 0 aromatic rings. The first kappa shape index (κ1) is 16.2. The molecule has 0 saturated heterocycles. The van der Waals surface area contributed by atoms with E-state index in [-0.39, 0.29) is 0 Å². The lowest BCUT2D eigenvalue weighted by Crippen LogP contribution is -2.31. The quantitative estimate of drug-likeness (QED) is 0.557. The number of unbranched alkanes of at least 4 members (excludes halogenated alkanes) is 1. The van der Waals surface area contributed by atoms with Crippen LogP contribution in [0, 0.1) is 0 Å². The largest absolute Gasteiger partial charge is 0.300 e. The van der Waals surface area contributed by atoms with Crippen molar-refractivity contribution in [1.82, 2.24) is 4.90 Å². The summed E-state index contributed by atoms with van der Waals surface area (Å²) >= 11 is 0. The van der Waals surface area contributed by atoms with Gasteiger partial charge in [-0.25, -0.2) is 0 Å². The maximum atomic E-state index is 3.75. The summed E-state index contributed by atoms with van der Waals surface area (Å²) < 4.78 is 0. The minimum absolute atomic E-state index is 0.484. The molecule has 0 aliphatic heterocycles. The lowest BCUT2D eigenvalue weighted by Gasteiger charge is -2.27. The molecule has 0 aromatic carbocycles. The first-order valence-electron chi connectivity index (χ1n) is 6.77. The monoisotopic (exact) mass is 235 g/mol. The fraction of sp³-hybridized carbons (Fsp3) is 0.625. The zero-order chi connectivity index (χ0) is 13.3. The van der Waals surface area contributed by atoms with Gasteiger partial charge in [0.2, 0.25) is 0 Å². The first-order chi connectivity index (χ1) is 8.08.